The lowest BCUT2D eigenvalue weighted by Gasteiger charge is -2.14. The summed E-state index contributed by atoms with van der Waals surface area (Å²) in [5.41, 5.74) is 1.89. The Labute approximate surface area is 107 Å². The van der Waals surface area contributed by atoms with E-state index < -0.39 is 17.8 Å². The standard InChI is InChI=1S/C15H18O3/c1-9(10(2)15(17)18)14(16)13-7-5-12(6-8-13)11-3-4-11/h5-11H,3-4H2,1-2H3,(H,17,18). The number of rotatable bonds is 5. The monoisotopic (exact) mass is 246 g/mol. The average molecular weight is 246 g/mol. The van der Waals surface area contributed by atoms with Gasteiger partial charge in [-0.1, -0.05) is 38.1 Å². The molecule has 0 radical (unpaired) electrons. The molecule has 1 aromatic rings. The van der Waals surface area contributed by atoms with Crippen LogP contribution in [0.25, 0.3) is 0 Å². The van der Waals surface area contributed by atoms with Gasteiger partial charge < -0.3 is 5.11 Å². The van der Waals surface area contributed by atoms with E-state index in [0.29, 0.717) is 11.5 Å². The van der Waals surface area contributed by atoms with Gasteiger partial charge in [0.05, 0.1) is 5.92 Å². The number of Topliss-reactive ketones (excluding diaryl/α,β-unsaturated/α-hetero) is 1. The quantitative estimate of drug-likeness (QED) is 0.812. The van der Waals surface area contributed by atoms with Crippen molar-refractivity contribution < 1.29 is 14.7 Å². The Bertz CT molecular complexity index is 457. The minimum absolute atomic E-state index is 0.0905. The lowest BCUT2D eigenvalue weighted by molar-refractivity contribution is -0.142. The largest absolute Gasteiger partial charge is 0.481 e. The van der Waals surface area contributed by atoms with Crippen molar-refractivity contribution >= 4 is 11.8 Å². The van der Waals surface area contributed by atoms with E-state index in [1.807, 2.05) is 24.3 Å². The van der Waals surface area contributed by atoms with Crippen LogP contribution in [0.1, 0.15) is 48.5 Å². The van der Waals surface area contributed by atoms with Gasteiger partial charge in [0.25, 0.3) is 0 Å². The smallest absolute Gasteiger partial charge is 0.306 e. The maximum Gasteiger partial charge on any atom is 0.306 e. The summed E-state index contributed by atoms with van der Waals surface area (Å²) in [4.78, 5) is 23.0. The molecule has 1 N–H and O–H groups in total. The fraction of sp³-hybridized carbons (Fsp3) is 0.467. The second kappa shape index (κ2) is 4.92. The van der Waals surface area contributed by atoms with Gasteiger partial charge in [-0.25, -0.2) is 0 Å². The van der Waals surface area contributed by atoms with E-state index >= 15 is 0 Å². The van der Waals surface area contributed by atoms with E-state index in [-0.39, 0.29) is 5.78 Å². The fourth-order valence-corrected chi connectivity index (χ4v) is 2.04. The molecule has 1 saturated carbocycles. The predicted molar refractivity (Wildman–Crippen MR) is 68.7 cm³/mol. The summed E-state index contributed by atoms with van der Waals surface area (Å²) in [6.07, 6.45) is 2.47. The molecule has 2 atom stereocenters. The third-order valence-corrected chi connectivity index (χ3v) is 3.80. The van der Waals surface area contributed by atoms with Crippen LogP contribution < -0.4 is 0 Å². The van der Waals surface area contributed by atoms with Crippen molar-refractivity contribution in [3.05, 3.63) is 35.4 Å². The molecule has 0 bridgehead atoms. The maximum atomic E-state index is 12.1. The first kappa shape index (κ1) is 12.8. The van der Waals surface area contributed by atoms with Gasteiger partial charge in [-0.15, -0.1) is 0 Å². The van der Waals surface area contributed by atoms with Crippen LogP contribution in [0.4, 0.5) is 0 Å². The number of carboxylic acid groups (broad SMARTS) is 1. The Morgan fingerprint density at radius 1 is 1.11 bits per heavy atom. The summed E-state index contributed by atoms with van der Waals surface area (Å²) in [5.74, 6) is -1.49. The van der Waals surface area contributed by atoms with Crippen LogP contribution in [-0.4, -0.2) is 16.9 Å². The van der Waals surface area contributed by atoms with Gasteiger partial charge >= 0.3 is 5.97 Å². The molecule has 0 amide bonds. The Balaban J connectivity index is 2.10. The number of ketones is 1. The van der Waals surface area contributed by atoms with Crippen molar-refractivity contribution in [3.63, 3.8) is 0 Å². The van der Waals surface area contributed by atoms with E-state index in [9.17, 15) is 9.59 Å². The molecular weight excluding hydrogens is 228 g/mol. The van der Waals surface area contributed by atoms with Crippen LogP contribution >= 0.6 is 0 Å². The van der Waals surface area contributed by atoms with Gasteiger partial charge in [0, 0.05) is 11.5 Å². The highest BCUT2D eigenvalue weighted by Gasteiger charge is 2.27. The minimum Gasteiger partial charge on any atom is -0.481 e. The van der Waals surface area contributed by atoms with Gasteiger partial charge in [-0.2, -0.15) is 0 Å². The zero-order valence-corrected chi connectivity index (χ0v) is 10.7. The molecule has 1 aliphatic carbocycles. The van der Waals surface area contributed by atoms with Gasteiger partial charge in [0.2, 0.25) is 0 Å². The summed E-state index contributed by atoms with van der Waals surface area (Å²) >= 11 is 0. The van der Waals surface area contributed by atoms with Gasteiger partial charge in [0.15, 0.2) is 5.78 Å². The Morgan fingerprint density at radius 2 is 1.67 bits per heavy atom. The lowest BCUT2D eigenvalue weighted by atomic mass is 9.88. The van der Waals surface area contributed by atoms with E-state index in [2.05, 4.69) is 0 Å². The zero-order chi connectivity index (χ0) is 13.3. The van der Waals surface area contributed by atoms with E-state index in [1.54, 1.807) is 13.8 Å². The zero-order valence-electron chi connectivity index (χ0n) is 10.7. The highest BCUT2D eigenvalue weighted by atomic mass is 16.4. The van der Waals surface area contributed by atoms with Crippen LogP contribution in [0.15, 0.2) is 24.3 Å². The minimum atomic E-state index is -0.926. The number of hydrogen-bond donors (Lipinski definition) is 1. The second-order valence-electron chi connectivity index (χ2n) is 5.18. The molecule has 0 aromatic heterocycles. The van der Waals surface area contributed by atoms with Crippen molar-refractivity contribution in [3.8, 4) is 0 Å². The maximum absolute atomic E-state index is 12.1. The van der Waals surface area contributed by atoms with Crippen LogP contribution in [0, 0.1) is 11.8 Å². The summed E-state index contributed by atoms with van der Waals surface area (Å²) in [6, 6.07) is 7.62. The van der Waals surface area contributed by atoms with Gasteiger partial charge in [0.1, 0.15) is 0 Å². The molecule has 1 aliphatic rings. The molecule has 1 aromatic carbocycles. The van der Waals surface area contributed by atoms with Gasteiger partial charge in [-0.05, 0) is 24.3 Å². The van der Waals surface area contributed by atoms with Crippen LogP contribution in [0.2, 0.25) is 0 Å². The van der Waals surface area contributed by atoms with Crippen LogP contribution in [-0.2, 0) is 4.79 Å². The topological polar surface area (TPSA) is 54.4 Å². The van der Waals surface area contributed by atoms with Crippen molar-refractivity contribution in [2.24, 2.45) is 11.8 Å². The Hall–Kier alpha value is -1.64. The second-order valence-corrected chi connectivity index (χ2v) is 5.18. The number of aliphatic carboxylic acids is 1. The number of carbonyl (C=O) groups excluding carboxylic acids is 1. The Kier molecular flexibility index (Phi) is 3.50. The number of carbonyl (C=O) groups is 2. The molecule has 2 unspecified atom stereocenters. The molecule has 3 nitrogen and oxygen atoms in total. The molecule has 96 valence electrons. The number of carboxylic acids is 1. The first-order chi connectivity index (χ1) is 8.50. The molecule has 0 spiro atoms. The van der Waals surface area contributed by atoms with Crippen molar-refractivity contribution in [2.75, 3.05) is 0 Å². The van der Waals surface area contributed by atoms with Crippen molar-refractivity contribution in [1.82, 2.24) is 0 Å². The first-order valence-electron chi connectivity index (χ1n) is 6.37. The number of hydrogen-bond acceptors (Lipinski definition) is 2. The lowest BCUT2D eigenvalue weighted by Crippen LogP contribution is -2.25. The normalized spacial score (nSPS) is 18.1. The molecule has 1 fully saturated rings. The van der Waals surface area contributed by atoms with Crippen molar-refractivity contribution in [1.29, 1.82) is 0 Å². The average Bonchev–Trinajstić information content (AvgIpc) is 3.20. The fourth-order valence-electron chi connectivity index (χ4n) is 2.04. The SMILES string of the molecule is CC(C(=O)O)C(C)C(=O)c1ccc(C2CC2)cc1. The Morgan fingerprint density at radius 3 is 2.11 bits per heavy atom. The third-order valence-electron chi connectivity index (χ3n) is 3.80. The summed E-state index contributed by atoms with van der Waals surface area (Å²) in [5, 5.41) is 8.92. The molecule has 18 heavy (non-hydrogen) atoms. The molecule has 0 saturated heterocycles. The third kappa shape index (κ3) is 2.61. The summed E-state index contributed by atoms with van der Waals surface area (Å²) in [7, 11) is 0. The van der Waals surface area contributed by atoms with Crippen LogP contribution in [0.3, 0.4) is 0 Å². The summed E-state index contributed by atoms with van der Waals surface area (Å²) < 4.78 is 0. The molecule has 0 aliphatic heterocycles. The molecule has 2 rings (SSSR count). The van der Waals surface area contributed by atoms with E-state index in [1.165, 1.54) is 18.4 Å². The van der Waals surface area contributed by atoms with Crippen molar-refractivity contribution in [2.45, 2.75) is 32.6 Å². The summed E-state index contributed by atoms with van der Waals surface area (Å²) in [6.45, 7) is 3.25. The van der Waals surface area contributed by atoms with E-state index in [4.69, 9.17) is 5.11 Å². The predicted octanol–water partition coefficient (Wildman–Crippen LogP) is 3.10. The molecule has 3 heteroatoms. The highest BCUT2D eigenvalue weighted by Crippen LogP contribution is 2.40. The molecule has 0 heterocycles. The van der Waals surface area contributed by atoms with Crippen LogP contribution in [0.5, 0.6) is 0 Å². The molecular formula is C15H18O3. The van der Waals surface area contributed by atoms with E-state index in [0.717, 1.165) is 0 Å². The first-order valence-corrected chi connectivity index (χ1v) is 6.37. The van der Waals surface area contributed by atoms with Gasteiger partial charge in [-0.3, -0.25) is 9.59 Å². The highest BCUT2D eigenvalue weighted by molar-refractivity contribution is 5.99. The number of benzene rings is 1.